The Balaban J connectivity index is 1.39. The highest BCUT2D eigenvalue weighted by atomic mass is 16.6. The summed E-state index contributed by atoms with van der Waals surface area (Å²) in [6.07, 6.45) is 0.0785. The average molecular weight is 388 g/mol. The molecule has 1 fully saturated rings. The molecule has 29 heavy (non-hydrogen) atoms. The summed E-state index contributed by atoms with van der Waals surface area (Å²) in [6, 6.07) is 22.8. The predicted molar refractivity (Wildman–Crippen MR) is 108 cm³/mol. The zero-order chi connectivity index (χ0) is 20.2. The van der Waals surface area contributed by atoms with E-state index in [4.69, 9.17) is 9.47 Å². The molecular weight excluding hydrogens is 368 g/mol. The number of hydrogen-bond donors (Lipinski definition) is 0. The molecule has 0 bridgehead atoms. The molecule has 5 nitrogen and oxygen atoms in total. The number of cyclic esters (lactones) is 1. The Morgan fingerprint density at radius 1 is 0.897 bits per heavy atom. The second-order valence-electron chi connectivity index (χ2n) is 7.02. The first-order chi connectivity index (χ1) is 14.1. The lowest BCUT2D eigenvalue weighted by Crippen LogP contribution is -2.31. The topological polar surface area (TPSA) is 69.7 Å². The lowest BCUT2D eigenvalue weighted by Gasteiger charge is -2.10. The molecule has 4 rings (SSSR count). The van der Waals surface area contributed by atoms with Gasteiger partial charge in [-0.2, -0.15) is 0 Å². The van der Waals surface area contributed by atoms with Crippen molar-refractivity contribution in [1.29, 1.82) is 0 Å². The minimum atomic E-state index is -1.40. The molecule has 0 aliphatic carbocycles. The molecular formula is C24H20O5. The van der Waals surface area contributed by atoms with Crippen LogP contribution in [0.1, 0.15) is 12.0 Å². The minimum absolute atomic E-state index is 0.356. The van der Waals surface area contributed by atoms with Crippen LogP contribution in [0.4, 0.5) is 0 Å². The Bertz CT molecular complexity index is 1050. The van der Waals surface area contributed by atoms with E-state index in [0.717, 1.165) is 16.3 Å². The van der Waals surface area contributed by atoms with E-state index < -0.39 is 29.6 Å². The quantitative estimate of drug-likeness (QED) is 0.457. The summed E-state index contributed by atoms with van der Waals surface area (Å²) in [5.41, 5.74) is 1.05. The zero-order valence-corrected chi connectivity index (χ0v) is 15.7. The average Bonchev–Trinajstić information content (AvgIpc) is 3.04. The molecule has 1 saturated heterocycles. The van der Waals surface area contributed by atoms with Gasteiger partial charge in [-0.25, -0.2) is 0 Å². The van der Waals surface area contributed by atoms with Crippen LogP contribution in [0.5, 0.6) is 5.75 Å². The van der Waals surface area contributed by atoms with Crippen LogP contribution in [0.25, 0.3) is 10.8 Å². The molecule has 3 aromatic carbocycles. The second-order valence-corrected chi connectivity index (χ2v) is 7.02. The number of benzene rings is 3. The number of ketones is 2. The maximum absolute atomic E-state index is 12.6. The van der Waals surface area contributed by atoms with Crippen LogP contribution in [-0.2, 0) is 25.5 Å². The third-order valence-corrected chi connectivity index (χ3v) is 5.08. The molecule has 2 unspecified atom stereocenters. The van der Waals surface area contributed by atoms with Gasteiger partial charge >= 0.3 is 5.97 Å². The van der Waals surface area contributed by atoms with Crippen molar-refractivity contribution in [3.05, 3.63) is 78.4 Å². The molecule has 0 saturated carbocycles. The van der Waals surface area contributed by atoms with Gasteiger partial charge < -0.3 is 9.47 Å². The highest BCUT2D eigenvalue weighted by Crippen LogP contribution is 2.26. The van der Waals surface area contributed by atoms with Gasteiger partial charge in [-0.3, -0.25) is 14.4 Å². The Hall–Kier alpha value is -3.47. The monoisotopic (exact) mass is 388 g/mol. The number of ether oxygens (including phenoxy) is 2. The maximum atomic E-state index is 12.6. The molecule has 2 atom stereocenters. The lowest BCUT2D eigenvalue weighted by atomic mass is 9.95. The van der Waals surface area contributed by atoms with Gasteiger partial charge in [0, 0.05) is 5.39 Å². The summed E-state index contributed by atoms with van der Waals surface area (Å²) >= 11 is 0. The van der Waals surface area contributed by atoms with Gasteiger partial charge in [0.25, 0.3) is 0 Å². The van der Waals surface area contributed by atoms with Gasteiger partial charge in [-0.05, 0) is 29.9 Å². The first kappa shape index (κ1) is 18.9. The highest BCUT2D eigenvalue weighted by molar-refractivity contribution is 6.22. The number of fused-ring (bicyclic) bond motifs is 1. The number of carbonyl (C=O) groups is 3. The molecule has 1 aliphatic heterocycles. The van der Waals surface area contributed by atoms with Crippen LogP contribution >= 0.6 is 0 Å². The molecule has 0 radical (unpaired) electrons. The number of esters is 1. The fourth-order valence-corrected chi connectivity index (χ4v) is 3.56. The van der Waals surface area contributed by atoms with Gasteiger partial charge in [0.05, 0.1) is 0 Å². The predicted octanol–water partition coefficient (Wildman–Crippen LogP) is 3.53. The maximum Gasteiger partial charge on any atom is 0.325 e. The van der Waals surface area contributed by atoms with E-state index in [1.807, 2.05) is 66.7 Å². The Morgan fingerprint density at radius 2 is 1.62 bits per heavy atom. The van der Waals surface area contributed by atoms with Crippen molar-refractivity contribution in [2.24, 2.45) is 5.92 Å². The Morgan fingerprint density at radius 3 is 2.45 bits per heavy atom. The second kappa shape index (κ2) is 8.27. The van der Waals surface area contributed by atoms with Crippen LogP contribution in [0.2, 0.25) is 0 Å². The smallest absolute Gasteiger partial charge is 0.325 e. The molecule has 0 amide bonds. The highest BCUT2D eigenvalue weighted by Gasteiger charge is 2.47. The SMILES string of the molecule is O=C(COc1cccc2ccccc12)C1C(=O)OC(CCc2ccccc2)C1=O. The summed E-state index contributed by atoms with van der Waals surface area (Å²) in [5.74, 6) is -2.69. The van der Waals surface area contributed by atoms with Crippen molar-refractivity contribution in [3.8, 4) is 5.75 Å². The fourth-order valence-electron chi connectivity index (χ4n) is 3.56. The number of aryl methyl sites for hydroxylation is 1. The molecule has 5 heteroatoms. The van der Waals surface area contributed by atoms with E-state index in [-0.39, 0.29) is 6.61 Å². The van der Waals surface area contributed by atoms with Crippen LogP contribution in [-0.4, -0.2) is 30.2 Å². The summed E-state index contributed by atoms with van der Waals surface area (Å²) in [5, 5.41) is 1.85. The first-order valence-corrected chi connectivity index (χ1v) is 9.55. The summed E-state index contributed by atoms with van der Waals surface area (Å²) in [4.78, 5) is 37.3. The van der Waals surface area contributed by atoms with E-state index in [0.29, 0.717) is 18.6 Å². The van der Waals surface area contributed by atoms with E-state index in [9.17, 15) is 14.4 Å². The van der Waals surface area contributed by atoms with E-state index in [2.05, 4.69) is 0 Å². The van der Waals surface area contributed by atoms with E-state index >= 15 is 0 Å². The van der Waals surface area contributed by atoms with Gasteiger partial charge in [0.2, 0.25) is 0 Å². The van der Waals surface area contributed by atoms with Crippen LogP contribution in [0.3, 0.4) is 0 Å². The van der Waals surface area contributed by atoms with Gasteiger partial charge in [-0.15, -0.1) is 0 Å². The Kier molecular flexibility index (Phi) is 5.38. The molecule has 146 valence electrons. The number of Topliss-reactive ketones (excluding diaryl/α,β-unsaturated/α-hetero) is 2. The molecule has 3 aromatic rings. The standard InChI is InChI=1S/C24H20O5/c25-19(15-28-20-12-6-10-17-9-4-5-11-18(17)20)22-23(26)21(29-24(22)27)14-13-16-7-2-1-3-8-16/h1-12,21-22H,13-15H2. The van der Waals surface area contributed by atoms with Crippen molar-refractivity contribution >= 4 is 28.3 Å². The number of rotatable bonds is 7. The summed E-state index contributed by atoms with van der Waals surface area (Å²) in [6.45, 7) is -0.356. The minimum Gasteiger partial charge on any atom is -0.485 e. The Labute approximate surface area is 168 Å². The molecule has 1 aliphatic rings. The van der Waals surface area contributed by atoms with E-state index in [1.165, 1.54) is 0 Å². The lowest BCUT2D eigenvalue weighted by molar-refractivity contribution is -0.147. The van der Waals surface area contributed by atoms with Crippen LogP contribution in [0.15, 0.2) is 72.8 Å². The molecule has 0 spiro atoms. The van der Waals surface area contributed by atoms with Crippen molar-refractivity contribution in [2.75, 3.05) is 6.61 Å². The molecule has 0 N–H and O–H groups in total. The molecule has 1 heterocycles. The number of hydrogen-bond acceptors (Lipinski definition) is 5. The van der Waals surface area contributed by atoms with Gasteiger partial charge in [0.15, 0.2) is 23.6 Å². The van der Waals surface area contributed by atoms with Gasteiger partial charge in [-0.1, -0.05) is 66.7 Å². The van der Waals surface area contributed by atoms with Crippen molar-refractivity contribution in [2.45, 2.75) is 18.9 Å². The third-order valence-electron chi connectivity index (χ3n) is 5.08. The number of carbonyl (C=O) groups excluding carboxylic acids is 3. The fraction of sp³-hybridized carbons (Fsp3) is 0.208. The van der Waals surface area contributed by atoms with Crippen molar-refractivity contribution in [3.63, 3.8) is 0 Å². The van der Waals surface area contributed by atoms with Crippen molar-refractivity contribution in [1.82, 2.24) is 0 Å². The van der Waals surface area contributed by atoms with Crippen molar-refractivity contribution < 1.29 is 23.9 Å². The third kappa shape index (κ3) is 4.04. The normalized spacial score (nSPS) is 18.6. The first-order valence-electron chi connectivity index (χ1n) is 9.55. The zero-order valence-electron chi connectivity index (χ0n) is 15.7. The summed E-state index contributed by atoms with van der Waals surface area (Å²) < 4.78 is 10.8. The summed E-state index contributed by atoms with van der Waals surface area (Å²) in [7, 11) is 0. The van der Waals surface area contributed by atoms with Gasteiger partial charge in [0.1, 0.15) is 12.4 Å². The van der Waals surface area contributed by atoms with Crippen LogP contribution < -0.4 is 4.74 Å². The molecule has 0 aromatic heterocycles. The largest absolute Gasteiger partial charge is 0.485 e. The van der Waals surface area contributed by atoms with Crippen LogP contribution in [0, 0.1) is 5.92 Å². The van der Waals surface area contributed by atoms with E-state index in [1.54, 1.807) is 6.07 Å².